The van der Waals surface area contributed by atoms with E-state index < -0.39 is 0 Å². The summed E-state index contributed by atoms with van der Waals surface area (Å²) in [7, 11) is 3.31. The molecular formula is C40H32N2O4. The Labute approximate surface area is 268 Å². The number of benzene rings is 6. The SMILES string of the molecule is COCCOc1ccc2cc(-c3cccc(C#N)c3)ccc2c1-c1c(OCCOC)ccc2cc(-c3cccc(C#N)c3)ccc12. The van der Waals surface area contributed by atoms with Crippen molar-refractivity contribution in [1.82, 2.24) is 0 Å². The lowest BCUT2D eigenvalue weighted by Gasteiger charge is -2.20. The van der Waals surface area contributed by atoms with Gasteiger partial charge < -0.3 is 18.9 Å². The van der Waals surface area contributed by atoms with Crippen molar-refractivity contribution < 1.29 is 18.9 Å². The first-order chi connectivity index (χ1) is 22.6. The minimum Gasteiger partial charge on any atom is -0.491 e. The fourth-order valence-corrected chi connectivity index (χ4v) is 5.74. The molecule has 0 aliphatic carbocycles. The van der Waals surface area contributed by atoms with E-state index in [0.717, 1.165) is 66.4 Å². The van der Waals surface area contributed by atoms with Crippen LogP contribution in [0, 0.1) is 22.7 Å². The second-order valence-corrected chi connectivity index (χ2v) is 10.8. The summed E-state index contributed by atoms with van der Waals surface area (Å²) in [5.74, 6) is 1.44. The Balaban J connectivity index is 1.58. The second kappa shape index (κ2) is 14.0. The maximum Gasteiger partial charge on any atom is 0.128 e. The molecule has 6 aromatic carbocycles. The molecule has 0 saturated heterocycles. The standard InChI is InChI=1S/C40H32N2O4/c1-43-17-19-45-37-15-11-33-23-31(29-7-3-5-27(21-29)25-41)9-13-35(33)39(37)40-36-14-10-32(30-8-4-6-28(22-30)26-42)24-34(36)12-16-38(40)46-20-18-44-2/h3-16,21-24H,17-20H2,1-2H3. The number of hydrogen-bond donors (Lipinski definition) is 0. The monoisotopic (exact) mass is 604 g/mol. The van der Waals surface area contributed by atoms with Crippen LogP contribution >= 0.6 is 0 Å². The molecule has 0 radical (unpaired) electrons. The van der Waals surface area contributed by atoms with Gasteiger partial charge in [0.15, 0.2) is 0 Å². The van der Waals surface area contributed by atoms with E-state index in [1.165, 1.54) is 0 Å². The van der Waals surface area contributed by atoms with Gasteiger partial charge >= 0.3 is 0 Å². The number of methoxy groups -OCH3 is 2. The Morgan fingerprint density at radius 2 is 0.913 bits per heavy atom. The fourth-order valence-electron chi connectivity index (χ4n) is 5.74. The highest BCUT2D eigenvalue weighted by molar-refractivity contribution is 6.11. The third-order valence-corrected chi connectivity index (χ3v) is 7.95. The first kappa shape index (κ1) is 30.4. The molecular weight excluding hydrogens is 572 g/mol. The summed E-state index contributed by atoms with van der Waals surface area (Å²) in [6.45, 7) is 1.67. The molecule has 0 N–H and O–H groups in total. The maximum absolute atomic E-state index is 9.45. The first-order valence-corrected chi connectivity index (χ1v) is 15.0. The van der Waals surface area contributed by atoms with Crippen molar-refractivity contribution in [1.29, 1.82) is 10.5 Å². The zero-order valence-corrected chi connectivity index (χ0v) is 25.7. The third-order valence-electron chi connectivity index (χ3n) is 7.95. The molecule has 0 saturated carbocycles. The Morgan fingerprint density at radius 1 is 0.478 bits per heavy atom. The van der Waals surface area contributed by atoms with Crippen molar-refractivity contribution in [2.45, 2.75) is 0 Å². The Bertz CT molecular complexity index is 1970. The van der Waals surface area contributed by atoms with Gasteiger partial charge in [0.1, 0.15) is 24.7 Å². The number of fused-ring (bicyclic) bond motifs is 2. The van der Waals surface area contributed by atoms with Crippen LogP contribution in [0.2, 0.25) is 0 Å². The predicted octanol–water partition coefficient (Wildman–Crippen LogP) is 8.79. The number of rotatable bonds is 11. The molecule has 0 spiro atoms. The van der Waals surface area contributed by atoms with Gasteiger partial charge in [0.2, 0.25) is 0 Å². The highest BCUT2D eigenvalue weighted by Crippen LogP contribution is 2.46. The quantitative estimate of drug-likeness (QED) is 0.137. The van der Waals surface area contributed by atoms with Gasteiger partial charge in [-0.15, -0.1) is 0 Å². The van der Waals surface area contributed by atoms with Crippen LogP contribution in [0.15, 0.2) is 109 Å². The third kappa shape index (κ3) is 6.27. The summed E-state index contributed by atoms with van der Waals surface area (Å²) in [5, 5.41) is 23.0. The van der Waals surface area contributed by atoms with E-state index in [1.807, 2.05) is 60.7 Å². The van der Waals surface area contributed by atoms with E-state index >= 15 is 0 Å². The molecule has 6 heteroatoms. The van der Waals surface area contributed by atoms with Crippen LogP contribution in [0.5, 0.6) is 11.5 Å². The number of nitrogens with zero attached hydrogens (tertiary/aromatic N) is 2. The van der Waals surface area contributed by atoms with Crippen LogP contribution < -0.4 is 9.47 Å². The van der Waals surface area contributed by atoms with Gasteiger partial charge in [-0.2, -0.15) is 10.5 Å². The lowest BCUT2D eigenvalue weighted by atomic mass is 9.89. The van der Waals surface area contributed by atoms with E-state index in [-0.39, 0.29) is 0 Å². The second-order valence-electron chi connectivity index (χ2n) is 10.8. The first-order valence-electron chi connectivity index (χ1n) is 15.0. The Morgan fingerprint density at radius 3 is 1.33 bits per heavy atom. The number of nitriles is 2. The highest BCUT2D eigenvalue weighted by atomic mass is 16.5. The molecule has 6 aromatic rings. The molecule has 0 amide bonds. The van der Waals surface area contributed by atoms with Crippen molar-refractivity contribution in [3.05, 3.63) is 120 Å². The molecule has 0 aliphatic rings. The highest BCUT2D eigenvalue weighted by Gasteiger charge is 2.20. The molecule has 0 unspecified atom stereocenters. The minimum absolute atomic E-state index is 0.387. The smallest absolute Gasteiger partial charge is 0.128 e. The average Bonchev–Trinajstić information content (AvgIpc) is 3.11. The molecule has 6 nitrogen and oxygen atoms in total. The van der Waals surface area contributed by atoms with Crippen LogP contribution in [0.1, 0.15) is 11.1 Å². The molecule has 0 fully saturated rings. The summed E-state index contributed by atoms with van der Waals surface area (Å²) in [5.41, 5.74) is 7.06. The lowest BCUT2D eigenvalue weighted by molar-refractivity contribution is 0.146. The van der Waals surface area contributed by atoms with E-state index in [1.54, 1.807) is 14.2 Å². The van der Waals surface area contributed by atoms with Crippen molar-refractivity contribution in [3.8, 4) is 57.0 Å². The van der Waals surface area contributed by atoms with Crippen LogP contribution in [-0.2, 0) is 9.47 Å². The number of ether oxygens (including phenoxy) is 4. The largest absolute Gasteiger partial charge is 0.491 e. The van der Waals surface area contributed by atoms with Gasteiger partial charge in [-0.3, -0.25) is 0 Å². The molecule has 46 heavy (non-hydrogen) atoms. The van der Waals surface area contributed by atoms with Gasteiger partial charge in [0.05, 0.1) is 36.5 Å². The molecule has 6 rings (SSSR count). The van der Waals surface area contributed by atoms with Crippen molar-refractivity contribution in [2.24, 2.45) is 0 Å². The summed E-state index contributed by atoms with van der Waals surface area (Å²) < 4.78 is 23.3. The molecule has 226 valence electrons. The Kier molecular flexibility index (Phi) is 9.22. The fraction of sp³-hybridized carbons (Fsp3) is 0.150. The zero-order valence-electron chi connectivity index (χ0n) is 25.7. The topological polar surface area (TPSA) is 84.5 Å². The zero-order chi connectivity index (χ0) is 31.9. The molecule has 0 atom stereocenters. The van der Waals surface area contributed by atoms with Crippen LogP contribution in [-0.4, -0.2) is 40.6 Å². The average molecular weight is 605 g/mol. The predicted molar refractivity (Wildman–Crippen MR) is 182 cm³/mol. The summed E-state index contributed by atoms with van der Waals surface area (Å²) in [6, 6.07) is 40.5. The summed E-state index contributed by atoms with van der Waals surface area (Å²) >= 11 is 0. The van der Waals surface area contributed by atoms with E-state index in [0.29, 0.717) is 37.6 Å². The molecule has 0 aromatic heterocycles. The lowest BCUT2D eigenvalue weighted by Crippen LogP contribution is -2.07. The Hall–Kier alpha value is -5.66. The maximum atomic E-state index is 9.45. The molecule has 0 bridgehead atoms. The molecule has 0 heterocycles. The van der Waals surface area contributed by atoms with Crippen molar-refractivity contribution in [3.63, 3.8) is 0 Å². The number of hydrogen-bond acceptors (Lipinski definition) is 6. The van der Waals surface area contributed by atoms with Gasteiger partial charge in [0, 0.05) is 25.3 Å². The van der Waals surface area contributed by atoms with Crippen LogP contribution in [0.25, 0.3) is 54.9 Å². The van der Waals surface area contributed by atoms with Crippen molar-refractivity contribution in [2.75, 3.05) is 40.6 Å². The summed E-state index contributed by atoms with van der Waals surface area (Å²) in [6.07, 6.45) is 0. The van der Waals surface area contributed by atoms with Crippen molar-refractivity contribution >= 4 is 21.5 Å². The molecule has 0 aliphatic heterocycles. The minimum atomic E-state index is 0.387. The van der Waals surface area contributed by atoms with Gasteiger partial charge in [-0.25, -0.2) is 0 Å². The van der Waals surface area contributed by atoms with E-state index in [2.05, 4.69) is 60.7 Å². The van der Waals surface area contributed by atoms with Crippen LogP contribution in [0.4, 0.5) is 0 Å². The van der Waals surface area contributed by atoms with Gasteiger partial charge in [0.25, 0.3) is 0 Å². The van der Waals surface area contributed by atoms with Gasteiger partial charge in [-0.1, -0.05) is 60.7 Å². The van der Waals surface area contributed by atoms with Crippen LogP contribution in [0.3, 0.4) is 0 Å². The van der Waals surface area contributed by atoms with E-state index in [9.17, 15) is 10.5 Å². The van der Waals surface area contributed by atoms with E-state index in [4.69, 9.17) is 18.9 Å². The van der Waals surface area contributed by atoms with Gasteiger partial charge in [-0.05, 0) is 92.3 Å². The normalized spacial score (nSPS) is 10.9. The summed E-state index contributed by atoms with van der Waals surface area (Å²) in [4.78, 5) is 0.